The average Bonchev–Trinajstić information content (AvgIpc) is 2.77. The monoisotopic (exact) mass is 452 g/mol. The van der Waals surface area contributed by atoms with Gasteiger partial charge in [0.1, 0.15) is 11.4 Å². The van der Waals surface area contributed by atoms with Gasteiger partial charge in [-0.1, -0.05) is 50.2 Å². The first-order valence-corrected chi connectivity index (χ1v) is 12.2. The molecule has 0 aromatic heterocycles. The molecular weight excluding hydrogens is 412 g/mol. The van der Waals surface area contributed by atoms with Crippen LogP contribution in [0.4, 0.5) is 4.79 Å². The van der Waals surface area contributed by atoms with Gasteiger partial charge in [0.2, 0.25) is 0 Å². The maximum absolute atomic E-state index is 12.2. The summed E-state index contributed by atoms with van der Waals surface area (Å²) in [6, 6.07) is 17.3. The minimum Gasteiger partial charge on any atom is -0.494 e. The van der Waals surface area contributed by atoms with Gasteiger partial charge in [0.05, 0.1) is 6.61 Å². The number of nitrogens with zero attached hydrogens (tertiary/aromatic N) is 2. The Morgan fingerprint density at radius 2 is 1.52 bits per heavy atom. The number of carbonyl (C=O) groups excluding carboxylic acids is 1. The van der Waals surface area contributed by atoms with Crippen LogP contribution in [0.1, 0.15) is 63.6 Å². The van der Waals surface area contributed by atoms with Gasteiger partial charge < -0.3 is 14.4 Å². The third-order valence-corrected chi connectivity index (χ3v) is 5.88. The number of hydrogen-bond acceptors (Lipinski definition) is 4. The maximum atomic E-state index is 12.2. The van der Waals surface area contributed by atoms with Gasteiger partial charge in [-0.2, -0.15) is 0 Å². The number of ether oxygens (including phenoxy) is 2. The van der Waals surface area contributed by atoms with E-state index < -0.39 is 5.60 Å². The molecule has 1 heterocycles. The van der Waals surface area contributed by atoms with Crippen LogP contribution in [-0.2, 0) is 17.7 Å². The van der Waals surface area contributed by atoms with Crippen LogP contribution in [0, 0.1) is 0 Å². The van der Waals surface area contributed by atoms with Crippen LogP contribution in [0.3, 0.4) is 0 Å². The lowest BCUT2D eigenvalue weighted by atomic mass is 10.0. The second kappa shape index (κ2) is 11.6. The summed E-state index contributed by atoms with van der Waals surface area (Å²) in [6.07, 6.45) is 1.81. The molecule has 5 heteroatoms. The summed E-state index contributed by atoms with van der Waals surface area (Å²) in [6.45, 7) is 14.9. The van der Waals surface area contributed by atoms with Gasteiger partial charge >= 0.3 is 6.09 Å². The van der Waals surface area contributed by atoms with Gasteiger partial charge in [0.25, 0.3) is 0 Å². The SMILES string of the molecule is CC(C)c1ccc(OCCCc2ccc(CN3CCN(C(=O)OC(C)(C)C)CC3)cc2)cc1. The molecule has 2 aromatic rings. The quantitative estimate of drug-likeness (QED) is 0.470. The second-order valence-corrected chi connectivity index (χ2v) is 10.2. The Labute approximate surface area is 199 Å². The van der Waals surface area contributed by atoms with Gasteiger partial charge in [-0.05, 0) is 68.4 Å². The zero-order valence-electron chi connectivity index (χ0n) is 21.0. The molecule has 0 bridgehead atoms. The molecule has 1 saturated heterocycles. The van der Waals surface area contributed by atoms with Crippen molar-refractivity contribution in [2.75, 3.05) is 32.8 Å². The molecule has 0 N–H and O–H groups in total. The third kappa shape index (κ3) is 8.39. The number of carbonyl (C=O) groups is 1. The molecule has 3 rings (SSSR count). The third-order valence-electron chi connectivity index (χ3n) is 5.88. The largest absolute Gasteiger partial charge is 0.494 e. The predicted octanol–water partition coefficient (Wildman–Crippen LogP) is 5.87. The van der Waals surface area contributed by atoms with E-state index >= 15 is 0 Å². The van der Waals surface area contributed by atoms with Crippen molar-refractivity contribution in [2.45, 2.75) is 65.5 Å². The predicted molar refractivity (Wildman–Crippen MR) is 134 cm³/mol. The Balaban J connectivity index is 1.35. The average molecular weight is 453 g/mol. The molecule has 1 amide bonds. The highest BCUT2D eigenvalue weighted by Crippen LogP contribution is 2.19. The van der Waals surface area contributed by atoms with Gasteiger partial charge in [-0.15, -0.1) is 0 Å². The number of aryl methyl sites for hydroxylation is 1. The van der Waals surface area contributed by atoms with E-state index in [0.29, 0.717) is 19.0 Å². The van der Waals surface area contributed by atoms with Crippen molar-refractivity contribution in [1.82, 2.24) is 9.80 Å². The fourth-order valence-corrected chi connectivity index (χ4v) is 3.90. The number of rotatable bonds is 8. The molecule has 1 aliphatic heterocycles. The molecule has 0 saturated carbocycles. The number of piperazine rings is 1. The van der Waals surface area contributed by atoms with Crippen molar-refractivity contribution in [2.24, 2.45) is 0 Å². The Morgan fingerprint density at radius 1 is 0.909 bits per heavy atom. The molecular formula is C28H40N2O3. The van der Waals surface area contributed by atoms with Crippen LogP contribution in [0.2, 0.25) is 0 Å². The van der Waals surface area contributed by atoms with Crippen molar-refractivity contribution in [3.63, 3.8) is 0 Å². The lowest BCUT2D eigenvalue weighted by Crippen LogP contribution is -2.49. The summed E-state index contributed by atoms with van der Waals surface area (Å²) in [5.74, 6) is 1.49. The fourth-order valence-electron chi connectivity index (χ4n) is 3.90. The van der Waals surface area contributed by atoms with E-state index in [4.69, 9.17) is 9.47 Å². The first kappa shape index (κ1) is 25.1. The minimum atomic E-state index is -0.443. The number of hydrogen-bond donors (Lipinski definition) is 0. The normalized spacial score (nSPS) is 15.0. The highest BCUT2D eigenvalue weighted by Gasteiger charge is 2.25. The van der Waals surface area contributed by atoms with E-state index in [2.05, 4.69) is 67.3 Å². The van der Waals surface area contributed by atoms with Gasteiger partial charge in [-0.3, -0.25) is 4.90 Å². The van der Waals surface area contributed by atoms with E-state index in [1.165, 1.54) is 16.7 Å². The number of benzene rings is 2. The zero-order chi connectivity index (χ0) is 23.8. The summed E-state index contributed by atoms with van der Waals surface area (Å²) in [5.41, 5.74) is 3.55. The molecule has 0 aliphatic carbocycles. The summed E-state index contributed by atoms with van der Waals surface area (Å²) in [5, 5.41) is 0. The highest BCUT2D eigenvalue weighted by atomic mass is 16.6. The van der Waals surface area contributed by atoms with Crippen LogP contribution >= 0.6 is 0 Å². The van der Waals surface area contributed by atoms with Gasteiger partial charge in [0.15, 0.2) is 0 Å². The van der Waals surface area contributed by atoms with E-state index in [1.54, 1.807) is 0 Å². The van der Waals surface area contributed by atoms with E-state index in [-0.39, 0.29) is 6.09 Å². The maximum Gasteiger partial charge on any atom is 0.410 e. The Bertz CT molecular complexity index is 862. The molecule has 33 heavy (non-hydrogen) atoms. The first-order valence-electron chi connectivity index (χ1n) is 12.2. The summed E-state index contributed by atoms with van der Waals surface area (Å²) >= 11 is 0. The molecule has 0 atom stereocenters. The zero-order valence-corrected chi connectivity index (χ0v) is 21.0. The molecule has 0 spiro atoms. The molecule has 1 fully saturated rings. The Hall–Kier alpha value is -2.53. The molecule has 2 aromatic carbocycles. The van der Waals surface area contributed by atoms with Crippen LogP contribution in [-0.4, -0.2) is 54.3 Å². The lowest BCUT2D eigenvalue weighted by Gasteiger charge is -2.35. The summed E-state index contributed by atoms with van der Waals surface area (Å²) in [7, 11) is 0. The summed E-state index contributed by atoms with van der Waals surface area (Å²) < 4.78 is 11.4. The van der Waals surface area contributed by atoms with Crippen molar-refractivity contribution in [1.29, 1.82) is 0 Å². The van der Waals surface area contributed by atoms with E-state index in [1.807, 2.05) is 25.7 Å². The van der Waals surface area contributed by atoms with Crippen LogP contribution in [0.5, 0.6) is 5.75 Å². The van der Waals surface area contributed by atoms with Gasteiger partial charge in [-0.25, -0.2) is 4.79 Å². The van der Waals surface area contributed by atoms with Crippen molar-refractivity contribution in [3.05, 3.63) is 65.2 Å². The smallest absolute Gasteiger partial charge is 0.410 e. The molecule has 0 radical (unpaired) electrons. The highest BCUT2D eigenvalue weighted by molar-refractivity contribution is 5.68. The van der Waals surface area contributed by atoms with Crippen molar-refractivity contribution < 1.29 is 14.3 Å². The minimum absolute atomic E-state index is 0.206. The van der Waals surface area contributed by atoms with Crippen LogP contribution in [0.25, 0.3) is 0 Å². The second-order valence-electron chi connectivity index (χ2n) is 10.2. The molecule has 1 aliphatic rings. The molecule has 180 valence electrons. The van der Waals surface area contributed by atoms with Crippen molar-refractivity contribution >= 4 is 6.09 Å². The van der Waals surface area contributed by atoms with Crippen LogP contribution in [0.15, 0.2) is 48.5 Å². The first-order chi connectivity index (χ1) is 15.7. The Morgan fingerprint density at radius 3 is 2.09 bits per heavy atom. The Kier molecular flexibility index (Phi) is 8.79. The van der Waals surface area contributed by atoms with Crippen molar-refractivity contribution in [3.8, 4) is 5.75 Å². The number of amides is 1. The van der Waals surface area contributed by atoms with E-state index in [0.717, 1.165) is 44.8 Å². The lowest BCUT2D eigenvalue weighted by molar-refractivity contribution is 0.0139. The van der Waals surface area contributed by atoms with Gasteiger partial charge in [0, 0.05) is 32.7 Å². The van der Waals surface area contributed by atoms with E-state index in [9.17, 15) is 4.79 Å². The van der Waals surface area contributed by atoms with Crippen LogP contribution < -0.4 is 4.74 Å². The standard InChI is InChI=1S/C28H40N2O3/c1-22(2)25-12-14-26(15-13-25)32-20-6-7-23-8-10-24(11-9-23)21-29-16-18-30(19-17-29)27(31)33-28(3,4)5/h8-15,22H,6-7,16-21H2,1-5H3. The topological polar surface area (TPSA) is 42.0 Å². The molecule has 0 unspecified atom stereocenters. The fraction of sp³-hybridized carbons (Fsp3) is 0.536. The molecule has 5 nitrogen and oxygen atoms in total. The summed E-state index contributed by atoms with van der Waals surface area (Å²) in [4.78, 5) is 16.4.